The van der Waals surface area contributed by atoms with Crippen molar-refractivity contribution in [3.63, 3.8) is 0 Å². The van der Waals surface area contributed by atoms with E-state index in [4.69, 9.17) is 0 Å². The quantitative estimate of drug-likeness (QED) is 0.373. The standard InChI is InChI=1S/C24H22N6O/c1-14(2)9-22(31)26-17-10-16(12-25-13-17)15-7-8-19-18(11-15)23(30-29-19)24-27-20-5-3-4-6-21(20)28-24/h3-8,10-14H,9H2,1-2H3,(H,26,31)(H,27,28)(H,29,30). The number of imidazole rings is 1. The van der Waals surface area contributed by atoms with Crippen molar-refractivity contribution in [2.45, 2.75) is 20.3 Å². The number of nitrogens with one attached hydrogen (secondary N) is 3. The van der Waals surface area contributed by atoms with Crippen LogP contribution in [0.4, 0.5) is 5.69 Å². The van der Waals surface area contributed by atoms with Crippen molar-refractivity contribution in [2.75, 3.05) is 5.32 Å². The number of nitrogens with zero attached hydrogens (tertiary/aromatic N) is 3. The van der Waals surface area contributed by atoms with Crippen LogP contribution >= 0.6 is 0 Å². The number of hydrogen-bond donors (Lipinski definition) is 3. The molecule has 0 saturated heterocycles. The second kappa shape index (κ2) is 7.68. The number of anilines is 1. The Morgan fingerprint density at radius 1 is 1.03 bits per heavy atom. The van der Waals surface area contributed by atoms with Gasteiger partial charge in [-0.3, -0.25) is 14.9 Å². The van der Waals surface area contributed by atoms with Gasteiger partial charge in [-0.25, -0.2) is 4.98 Å². The van der Waals surface area contributed by atoms with Gasteiger partial charge in [0.15, 0.2) is 5.82 Å². The van der Waals surface area contributed by atoms with Crippen LogP contribution in [0.2, 0.25) is 0 Å². The highest BCUT2D eigenvalue weighted by molar-refractivity contribution is 5.96. The molecule has 154 valence electrons. The molecule has 5 rings (SSSR count). The van der Waals surface area contributed by atoms with Crippen LogP contribution in [0, 0.1) is 5.92 Å². The number of carbonyl (C=O) groups excluding carboxylic acids is 1. The van der Waals surface area contributed by atoms with Crippen LogP contribution in [0.25, 0.3) is 44.6 Å². The third-order valence-corrected chi connectivity index (χ3v) is 5.13. The van der Waals surface area contributed by atoms with Crippen LogP contribution in [0.15, 0.2) is 60.9 Å². The number of carbonyl (C=O) groups is 1. The summed E-state index contributed by atoms with van der Waals surface area (Å²) < 4.78 is 0. The first-order valence-corrected chi connectivity index (χ1v) is 10.3. The topological polar surface area (TPSA) is 99.3 Å². The molecule has 3 heterocycles. The fourth-order valence-corrected chi connectivity index (χ4v) is 3.69. The Balaban J connectivity index is 1.51. The first kappa shape index (κ1) is 19.0. The number of fused-ring (bicyclic) bond motifs is 2. The maximum absolute atomic E-state index is 12.1. The normalized spacial score (nSPS) is 11.5. The highest BCUT2D eigenvalue weighted by atomic mass is 16.1. The third kappa shape index (κ3) is 3.77. The number of aromatic amines is 2. The van der Waals surface area contributed by atoms with Gasteiger partial charge < -0.3 is 10.3 Å². The van der Waals surface area contributed by atoms with Gasteiger partial charge in [0, 0.05) is 23.6 Å². The van der Waals surface area contributed by atoms with Crippen LogP contribution in [0.1, 0.15) is 20.3 Å². The Bertz CT molecular complexity index is 1360. The molecule has 7 nitrogen and oxygen atoms in total. The molecule has 1 amide bonds. The fourth-order valence-electron chi connectivity index (χ4n) is 3.69. The van der Waals surface area contributed by atoms with E-state index >= 15 is 0 Å². The van der Waals surface area contributed by atoms with E-state index in [1.807, 2.05) is 56.3 Å². The molecule has 0 aliphatic carbocycles. The molecule has 0 saturated carbocycles. The maximum atomic E-state index is 12.1. The van der Waals surface area contributed by atoms with Crippen molar-refractivity contribution in [1.29, 1.82) is 0 Å². The molecule has 0 unspecified atom stereocenters. The van der Waals surface area contributed by atoms with Gasteiger partial charge >= 0.3 is 0 Å². The van der Waals surface area contributed by atoms with Gasteiger partial charge in [-0.1, -0.05) is 32.0 Å². The first-order valence-electron chi connectivity index (χ1n) is 10.3. The lowest BCUT2D eigenvalue weighted by Crippen LogP contribution is -2.13. The highest BCUT2D eigenvalue weighted by Gasteiger charge is 2.14. The Morgan fingerprint density at radius 2 is 1.90 bits per heavy atom. The lowest BCUT2D eigenvalue weighted by Gasteiger charge is -2.09. The van der Waals surface area contributed by atoms with Crippen LogP contribution in [-0.4, -0.2) is 31.1 Å². The van der Waals surface area contributed by atoms with Crippen LogP contribution in [-0.2, 0) is 4.79 Å². The Kier molecular flexibility index (Phi) is 4.71. The van der Waals surface area contributed by atoms with Crippen molar-refractivity contribution in [2.24, 2.45) is 5.92 Å². The summed E-state index contributed by atoms with van der Waals surface area (Å²) in [6.07, 6.45) is 3.93. The molecule has 0 spiro atoms. The predicted octanol–water partition coefficient (Wildman–Crippen LogP) is 5.15. The summed E-state index contributed by atoms with van der Waals surface area (Å²) >= 11 is 0. The number of pyridine rings is 1. The lowest BCUT2D eigenvalue weighted by atomic mass is 10.0. The van der Waals surface area contributed by atoms with Gasteiger partial charge in [-0.15, -0.1) is 0 Å². The van der Waals surface area contributed by atoms with Gasteiger partial charge in [0.2, 0.25) is 5.91 Å². The van der Waals surface area contributed by atoms with Crippen molar-refractivity contribution >= 4 is 33.5 Å². The number of amides is 1. The highest BCUT2D eigenvalue weighted by Crippen LogP contribution is 2.30. The largest absolute Gasteiger partial charge is 0.337 e. The zero-order valence-corrected chi connectivity index (χ0v) is 17.3. The Hall–Kier alpha value is -4.00. The van der Waals surface area contributed by atoms with E-state index in [1.165, 1.54) is 0 Å². The van der Waals surface area contributed by atoms with Crippen molar-refractivity contribution in [3.8, 4) is 22.6 Å². The minimum Gasteiger partial charge on any atom is -0.337 e. The molecular weight excluding hydrogens is 388 g/mol. The van der Waals surface area contributed by atoms with E-state index in [9.17, 15) is 4.79 Å². The van der Waals surface area contributed by atoms with E-state index < -0.39 is 0 Å². The lowest BCUT2D eigenvalue weighted by molar-refractivity contribution is -0.116. The Morgan fingerprint density at radius 3 is 2.74 bits per heavy atom. The number of hydrogen-bond acceptors (Lipinski definition) is 4. The van der Waals surface area contributed by atoms with Crippen molar-refractivity contribution in [3.05, 3.63) is 60.9 Å². The maximum Gasteiger partial charge on any atom is 0.224 e. The molecule has 0 aliphatic heterocycles. The zero-order valence-electron chi connectivity index (χ0n) is 17.3. The van der Waals surface area contributed by atoms with Gasteiger partial charge in [-0.2, -0.15) is 5.10 Å². The second-order valence-corrected chi connectivity index (χ2v) is 8.04. The van der Waals surface area contributed by atoms with Crippen LogP contribution in [0.5, 0.6) is 0 Å². The molecule has 0 bridgehead atoms. The van der Waals surface area contributed by atoms with E-state index in [0.29, 0.717) is 18.0 Å². The summed E-state index contributed by atoms with van der Waals surface area (Å²) in [5, 5.41) is 11.5. The summed E-state index contributed by atoms with van der Waals surface area (Å²) in [7, 11) is 0. The summed E-state index contributed by atoms with van der Waals surface area (Å²) in [6, 6.07) is 15.9. The van der Waals surface area contributed by atoms with E-state index in [1.54, 1.807) is 12.4 Å². The summed E-state index contributed by atoms with van der Waals surface area (Å²) in [5.41, 5.74) is 6.15. The van der Waals surface area contributed by atoms with Crippen LogP contribution < -0.4 is 5.32 Å². The van der Waals surface area contributed by atoms with Crippen LogP contribution in [0.3, 0.4) is 0 Å². The van der Waals surface area contributed by atoms with E-state index in [-0.39, 0.29) is 5.91 Å². The molecule has 0 aliphatic rings. The van der Waals surface area contributed by atoms with E-state index in [2.05, 4.69) is 36.5 Å². The third-order valence-electron chi connectivity index (χ3n) is 5.13. The summed E-state index contributed by atoms with van der Waals surface area (Å²) in [4.78, 5) is 24.5. The molecule has 7 heteroatoms. The van der Waals surface area contributed by atoms with Gasteiger partial charge in [0.25, 0.3) is 0 Å². The SMILES string of the molecule is CC(C)CC(=O)Nc1cncc(-c2ccc3[nH]nc(-c4nc5ccccc5[nH]4)c3c2)c1. The summed E-state index contributed by atoms with van der Waals surface area (Å²) in [5.74, 6) is 1.01. The van der Waals surface area contributed by atoms with Gasteiger partial charge in [0.1, 0.15) is 5.69 Å². The number of aromatic nitrogens is 5. The minimum atomic E-state index is -0.00796. The second-order valence-electron chi connectivity index (χ2n) is 8.04. The van der Waals surface area contributed by atoms with Crippen molar-refractivity contribution in [1.82, 2.24) is 25.1 Å². The smallest absolute Gasteiger partial charge is 0.224 e. The predicted molar refractivity (Wildman–Crippen MR) is 122 cm³/mol. The molecule has 2 aromatic carbocycles. The minimum absolute atomic E-state index is 0.00796. The number of rotatable bonds is 5. The average Bonchev–Trinajstić information content (AvgIpc) is 3.36. The van der Waals surface area contributed by atoms with E-state index in [0.717, 1.165) is 44.6 Å². The van der Waals surface area contributed by atoms with Crippen molar-refractivity contribution < 1.29 is 4.79 Å². The Labute approximate surface area is 178 Å². The first-order chi connectivity index (χ1) is 15.1. The molecule has 0 fully saturated rings. The fraction of sp³-hybridized carbons (Fsp3) is 0.167. The molecule has 5 aromatic rings. The number of benzene rings is 2. The van der Waals surface area contributed by atoms with Gasteiger partial charge in [0.05, 0.1) is 28.4 Å². The number of H-pyrrole nitrogens is 2. The molecule has 3 aromatic heterocycles. The molecule has 3 N–H and O–H groups in total. The van der Waals surface area contributed by atoms with Gasteiger partial charge in [-0.05, 0) is 41.8 Å². The molecule has 0 atom stereocenters. The zero-order chi connectivity index (χ0) is 21.4. The number of para-hydroxylation sites is 2. The molecule has 31 heavy (non-hydrogen) atoms. The summed E-state index contributed by atoms with van der Waals surface area (Å²) in [6.45, 7) is 4.04. The molecule has 0 radical (unpaired) electrons. The molecular formula is C24H22N6O. The average molecular weight is 410 g/mol. The monoisotopic (exact) mass is 410 g/mol.